The van der Waals surface area contributed by atoms with Crippen LogP contribution in [0.1, 0.15) is 58.0 Å². The molecular formula is C26H32N6O3. The maximum Gasteiger partial charge on any atom is 0.410 e. The van der Waals surface area contributed by atoms with Crippen molar-refractivity contribution in [3.63, 3.8) is 0 Å². The van der Waals surface area contributed by atoms with E-state index < -0.39 is 5.60 Å². The van der Waals surface area contributed by atoms with Gasteiger partial charge in [-0.25, -0.2) is 9.78 Å². The Kier molecular flexibility index (Phi) is 5.65. The summed E-state index contributed by atoms with van der Waals surface area (Å²) in [5, 5.41) is 4.85. The van der Waals surface area contributed by atoms with Gasteiger partial charge in [0.15, 0.2) is 11.6 Å². The van der Waals surface area contributed by atoms with Gasteiger partial charge >= 0.3 is 6.09 Å². The van der Waals surface area contributed by atoms with Crippen LogP contribution in [0, 0.1) is 0 Å². The van der Waals surface area contributed by atoms with Gasteiger partial charge in [-0.1, -0.05) is 6.07 Å². The molecule has 0 aromatic carbocycles. The second kappa shape index (κ2) is 8.55. The molecule has 1 fully saturated rings. The van der Waals surface area contributed by atoms with E-state index in [4.69, 9.17) is 20.3 Å². The predicted octanol–water partition coefficient (Wildman–Crippen LogP) is 4.34. The Morgan fingerprint density at radius 3 is 2.71 bits per heavy atom. The summed E-state index contributed by atoms with van der Waals surface area (Å²) in [6.07, 6.45) is 4.79. The number of ether oxygens (including phenoxy) is 2. The molecule has 0 saturated carbocycles. The largest absolute Gasteiger partial charge is 0.481 e. The smallest absolute Gasteiger partial charge is 0.410 e. The first-order valence-electron chi connectivity index (χ1n) is 12.0. The number of fused-ring (bicyclic) bond motifs is 2. The van der Waals surface area contributed by atoms with Crippen LogP contribution in [0.5, 0.6) is 5.75 Å². The van der Waals surface area contributed by atoms with E-state index in [-0.39, 0.29) is 17.6 Å². The zero-order valence-electron chi connectivity index (χ0n) is 20.7. The van der Waals surface area contributed by atoms with Gasteiger partial charge in [0.2, 0.25) is 0 Å². The van der Waals surface area contributed by atoms with Crippen molar-refractivity contribution in [2.75, 3.05) is 18.8 Å². The predicted molar refractivity (Wildman–Crippen MR) is 132 cm³/mol. The fourth-order valence-electron chi connectivity index (χ4n) is 4.93. The fraction of sp³-hybridized carbons (Fsp3) is 0.462. The third-order valence-electron chi connectivity index (χ3n) is 6.72. The third-order valence-corrected chi connectivity index (χ3v) is 6.72. The van der Waals surface area contributed by atoms with E-state index >= 15 is 0 Å². The molecule has 1 spiro atoms. The third kappa shape index (κ3) is 4.54. The summed E-state index contributed by atoms with van der Waals surface area (Å²) in [4.78, 5) is 23.2. The van der Waals surface area contributed by atoms with Crippen LogP contribution in [-0.4, -0.2) is 49.4 Å². The molecule has 0 radical (unpaired) electrons. The Bertz CT molecular complexity index is 1240. The summed E-state index contributed by atoms with van der Waals surface area (Å²) in [5.41, 5.74) is 9.13. The Balaban J connectivity index is 1.36. The number of rotatable bonds is 4. The van der Waals surface area contributed by atoms with Crippen LogP contribution >= 0.6 is 0 Å². The minimum absolute atomic E-state index is 0.101. The first kappa shape index (κ1) is 23.1. The highest BCUT2D eigenvalue weighted by molar-refractivity contribution is 5.69. The second-order valence-corrected chi connectivity index (χ2v) is 10.4. The van der Waals surface area contributed by atoms with Crippen molar-refractivity contribution < 1.29 is 14.3 Å². The number of amides is 1. The van der Waals surface area contributed by atoms with Crippen LogP contribution in [0.3, 0.4) is 0 Å². The van der Waals surface area contributed by atoms with Crippen LogP contribution in [0.25, 0.3) is 11.3 Å². The molecule has 5 rings (SSSR count). The lowest BCUT2D eigenvalue weighted by Crippen LogP contribution is -2.37. The van der Waals surface area contributed by atoms with Crippen molar-refractivity contribution in [1.29, 1.82) is 0 Å². The number of aromatic nitrogens is 4. The van der Waals surface area contributed by atoms with Crippen LogP contribution in [0.4, 0.5) is 10.6 Å². The number of carbonyl (C=O) groups is 1. The molecule has 0 bridgehead atoms. The molecule has 35 heavy (non-hydrogen) atoms. The average Bonchev–Trinajstić information content (AvgIpc) is 3.52. The molecule has 2 aliphatic heterocycles. The maximum atomic E-state index is 12.6. The zero-order chi connectivity index (χ0) is 24.8. The van der Waals surface area contributed by atoms with Crippen molar-refractivity contribution in [3.8, 4) is 17.0 Å². The van der Waals surface area contributed by atoms with Gasteiger partial charge in [-0.2, -0.15) is 5.10 Å². The number of hydrogen-bond acceptors (Lipinski definition) is 7. The number of anilines is 1. The molecule has 3 aromatic heterocycles. The van der Waals surface area contributed by atoms with Crippen molar-refractivity contribution in [2.24, 2.45) is 0 Å². The number of likely N-dealkylation sites (tertiary alicyclic amines) is 1. The number of carbonyl (C=O) groups excluding carboxylic acids is 1. The molecule has 3 aromatic rings. The number of pyridine rings is 2. The Hall–Kier alpha value is -3.62. The van der Waals surface area contributed by atoms with Crippen LogP contribution in [0.2, 0.25) is 0 Å². The summed E-state index contributed by atoms with van der Waals surface area (Å²) < 4.78 is 13.8. The highest BCUT2D eigenvalue weighted by atomic mass is 16.6. The van der Waals surface area contributed by atoms with Gasteiger partial charge in [0.1, 0.15) is 11.7 Å². The molecule has 1 saturated heterocycles. The molecule has 2 N–H and O–H groups in total. The maximum absolute atomic E-state index is 12.6. The fourth-order valence-corrected chi connectivity index (χ4v) is 4.93. The number of nitrogen functional groups attached to an aromatic ring is 1. The van der Waals surface area contributed by atoms with Gasteiger partial charge in [0, 0.05) is 48.7 Å². The number of aryl methyl sites for hydroxylation is 1. The molecule has 9 heteroatoms. The van der Waals surface area contributed by atoms with E-state index in [0.29, 0.717) is 24.7 Å². The Labute approximate surface area is 205 Å². The summed E-state index contributed by atoms with van der Waals surface area (Å²) in [5.74, 6) is 0.823. The molecule has 5 heterocycles. The first-order valence-corrected chi connectivity index (χ1v) is 12.0. The molecule has 9 nitrogen and oxygen atoms in total. The quantitative estimate of drug-likeness (QED) is 0.596. The van der Waals surface area contributed by atoms with Crippen LogP contribution in [0.15, 0.2) is 42.7 Å². The van der Waals surface area contributed by atoms with E-state index in [0.717, 1.165) is 42.0 Å². The first-order chi connectivity index (χ1) is 16.6. The summed E-state index contributed by atoms with van der Waals surface area (Å²) in [7, 11) is 0. The molecule has 184 valence electrons. The number of nitrogens with zero attached hydrogens (tertiary/aromatic N) is 5. The second-order valence-electron chi connectivity index (χ2n) is 10.4. The monoisotopic (exact) mass is 476 g/mol. The van der Waals surface area contributed by atoms with Crippen molar-refractivity contribution in [1.82, 2.24) is 24.6 Å². The van der Waals surface area contributed by atoms with E-state index in [2.05, 4.69) is 20.7 Å². The Morgan fingerprint density at radius 2 is 1.97 bits per heavy atom. The molecule has 0 unspecified atom stereocenters. The lowest BCUT2D eigenvalue weighted by molar-refractivity contribution is 0.0284. The minimum atomic E-state index is -0.506. The topological polar surface area (TPSA) is 108 Å². The van der Waals surface area contributed by atoms with Crippen molar-refractivity contribution >= 4 is 11.9 Å². The van der Waals surface area contributed by atoms with E-state index in [9.17, 15) is 4.79 Å². The molecule has 1 amide bonds. The Morgan fingerprint density at radius 1 is 1.17 bits per heavy atom. The van der Waals surface area contributed by atoms with Crippen molar-refractivity contribution in [3.05, 3.63) is 54.1 Å². The molecule has 2 aliphatic rings. The highest BCUT2D eigenvalue weighted by Crippen LogP contribution is 2.44. The summed E-state index contributed by atoms with van der Waals surface area (Å²) in [6.45, 7) is 9.75. The summed E-state index contributed by atoms with van der Waals surface area (Å²) in [6, 6.07) is 9.71. The van der Waals surface area contributed by atoms with Gasteiger partial charge in [-0.15, -0.1) is 0 Å². The molecule has 2 atom stereocenters. The van der Waals surface area contributed by atoms with Crippen molar-refractivity contribution in [2.45, 2.75) is 64.2 Å². The zero-order valence-corrected chi connectivity index (χ0v) is 20.7. The standard InChI is InChI=1S/C26H32N6O3/c1-17(19-7-5-6-10-28-19)34-21-13-18(15-29-23(21)27)20-14-22-26(9-12-32(22)30-20)8-11-31(16-26)24(33)35-25(2,3)4/h5-7,10,13-15,17H,8-9,11-12,16H2,1-4H3,(H2,27,29)/t17-,26+/m0/s1. The van der Waals surface area contributed by atoms with Gasteiger partial charge in [-0.05, 0) is 64.8 Å². The van der Waals surface area contributed by atoms with E-state index in [1.54, 1.807) is 12.4 Å². The lowest BCUT2D eigenvalue weighted by Gasteiger charge is -2.26. The molecule has 0 aliphatic carbocycles. The normalized spacial score (nSPS) is 20.2. The summed E-state index contributed by atoms with van der Waals surface area (Å²) >= 11 is 0. The number of hydrogen-bond donors (Lipinski definition) is 1. The minimum Gasteiger partial charge on any atom is -0.481 e. The average molecular weight is 477 g/mol. The van der Waals surface area contributed by atoms with Gasteiger partial charge < -0.3 is 20.1 Å². The van der Waals surface area contributed by atoms with Gasteiger partial charge in [-0.3, -0.25) is 9.67 Å². The number of nitrogens with two attached hydrogens (primary N) is 1. The van der Waals surface area contributed by atoms with E-state index in [1.807, 2.05) is 56.9 Å². The van der Waals surface area contributed by atoms with E-state index in [1.165, 1.54) is 0 Å². The van der Waals surface area contributed by atoms with Gasteiger partial charge in [0.25, 0.3) is 0 Å². The van der Waals surface area contributed by atoms with Gasteiger partial charge in [0.05, 0.1) is 11.4 Å². The highest BCUT2D eigenvalue weighted by Gasteiger charge is 2.47. The molecular weight excluding hydrogens is 444 g/mol. The van der Waals surface area contributed by atoms with Crippen LogP contribution in [-0.2, 0) is 16.7 Å². The van der Waals surface area contributed by atoms with Crippen LogP contribution < -0.4 is 10.5 Å². The lowest BCUT2D eigenvalue weighted by atomic mass is 9.82. The SMILES string of the molecule is C[C@H](Oc1cc(-c2cc3n(n2)CC[C@@]32CCN(C(=O)OC(C)(C)C)C2)cnc1N)c1ccccn1.